The van der Waals surface area contributed by atoms with Gasteiger partial charge < -0.3 is 4.74 Å². The molecular weight excluding hydrogens is 450 g/mol. The third-order valence-electron chi connectivity index (χ3n) is 5.17. The number of rotatable bonds is 6. The van der Waals surface area contributed by atoms with Crippen molar-refractivity contribution in [2.24, 2.45) is 0 Å². The van der Waals surface area contributed by atoms with Crippen LogP contribution in [0.2, 0.25) is 0 Å². The van der Waals surface area contributed by atoms with E-state index in [0.29, 0.717) is 12.1 Å². The summed E-state index contributed by atoms with van der Waals surface area (Å²) < 4.78 is 7.37. The number of fused-ring (bicyclic) bond motifs is 1. The third kappa shape index (κ3) is 4.69. The lowest BCUT2D eigenvalue weighted by atomic mass is 10.2. The second kappa shape index (κ2) is 9.34. The van der Waals surface area contributed by atoms with Crippen LogP contribution in [0.4, 0.5) is 5.13 Å². The molecule has 0 bridgehead atoms. The number of hydrogen-bond acceptors (Lipinski definition) is 5. The quantitative estimate of drug-likeness (QED) is 0.524. The van der Waals surface area contributed by atoms with E-state index in [-0.39, 0.29) is 5.91 Å². The maximum atomic E-state index is 13.5. The number of nitrogens with zero attached hydrogens (tertiary/aromatic N) is 3. The molecule has 1 fully saturated rings. The summed E-state index contributed by atoms with van der Waals surface area (Å²) in [4.78, 5) is 22.4. The average molecular weight is 474 g/mol. The number of ether oxygens (including phenoxy) is 1. The molecule has 5 nitrogen and oxygen atoms in total. The Morgan fingerprint density at radius 1 is 1.24 bits per heavy atom. The van der Waals surface area contributed by atoms with Gasteiger partial charge in [0.25, 0.3) is 5.91 Å². The Kier molecular flexibility index (Phi) is 6.60. The third-order valence-corrected chi connectivity index (χ3v) is 6.91. The van der Waals surface area contributed by atoms with Crippen LogP contribution in [-0.2, 0) is 11.2 Å². The molecule has 1 amide bonds. The predicted molar refractivity (Wildman–Crippen MR) is 122 cm³/mol. The Labute approximate surface area is 183 Å². The SMILES string of the molecule is CCc1ccc2nc(N(CCN3CCOCC3)C(=O)c3ccccc3Br)sc2c1. The van der Waals surface area contributed by atoms with Gasteiger partial charge in [0.05, 0.1) is 29.0 Å². The molecule has 1 saturated heterocycles. The standard InChI is InChI=1S/C22H24BrN3O2S/c1-2-16-7-8-19-20(15-16)29-22(24-19)26(10-9-25-11-13-28-14-12-25)21(27)17-5-3-4-6-18(17)23/h3-8,15H,2,9-14H2,1H3. The highest BCUT2D eigenvalue weighted by Gasteiger charge is 2.24. The number of benzene rings is 2. The van der Waals surface area contributed by atoms with E-state index in [9.17, 15) is 4.79 Å². The topological polar surface area (TPSA) is 45.7 Å². The van der Waals surface area contributed by atoms with Crippen molar-refractivity contribution in [3.05, 3.63) is 58.1 Å². The minimum Gasteiger partial charge on any atom is -0.379 e. The van der Waals surface area contributed by atoms with Crippen LogP contribution < -0.4 is 4.90 Å². The lowest BCUT2D eigenvalue weighted by Crippen LogP contribution is -2.43. The van der Waals surface area contributed by atoms with Crippen LogP contribution in [0.15, 0.2) is 46.9 Å². The first-order valence-corrected chi connectivity index (χ1v) is 11.5. The molecule has 0 radical (unpaired) electrons. The molecule has 29 heavy (non-hydrogen) atoms. The zero-order valence-corrected chi connectivity index (χ0v) is 18.8. The zero-order valence-electron chi connectivity index (χ0n) is 16.4. The average Bonchev–Trinajstić information content (AvgIpc) is 3.17. The number of carbonyl (C=O) groups excluding carboxylic acids is 1. The number of amides is 1. The van der Waals surface area contributed by atoms with Gasteiger partial charge in [0, 0.05) is 30.7 Å². The Hall–Kier alpha value is -1.80. The lowest BCUT2D eigenvalue weighted by Gasteiger charge is -2.29. The second-order valence-corrected chi connectivity index (χ2v) is 8.91. The lowest BCUT2D eigenvalue weighted by molar-refractivity contribution is 0.0391. The fraction of sp³-hybridized carbons (Fsp3) is 0.364. The summed E-state index contributed by atoms with van der Waals surface area (Å²) in [5, 5.41) is 0.752. The molecule has 0 aliphatic carbocycles. The molecule has 1 aliphatic rings. The van der Waals surface area contributed by atoms with Gasteiger partial charge in [-0.25, -0.2) is 4.98 Å². The van der Waals surface area contributed by atoms with E-state index in [2.05, 4.69) is 46.0 Å². The smallest absolute Gasteiger partial charge is 0.261 e. The van der Waals surface area contributed by atoms with Gasteiger partial charge in [-0.15, -0.1) is 0 Å². The van der Waals surface area contributed by atoms with Gasteiger partial charge >= 0.3 is 0 Å². The van der Waals surface area contributed by atoms with Crippen LogP contribution in [-0.4, -0.2) is 55.2 Å². The molecular formula is C22H24BrN3O2S. The van der Waals surface area contributed by atoms with Crippen LogP contribution in [0.25, 0.3) is 10.2 Å². The number of anilines is 1. The van der Waals surface area contributed by atoms with Gasteiger partial charge in [0.2, 0.25) is 0 Å². The number of aryl methyl sites for hydroxylation is 1. The van der Waals surface area contributed by atoms with Crippen molar-refractivity contribution >= 4 is 48.5 Å². The largest absolute Gasteiger partial charge is 0.379 e. The molecule has 7 heteroatoms. The van der Waals surface area contributed by atoms with Crippen LogP contribution in [0.5, 0.6) is 0 Å². The first-order chi connectivity index (χ1) is 14.2. The van der Waals surface area contributed by atoms with Crippen molar-refractivity contribution in [1.82, 2.24) is 9.88 Å². The number of carbonyl (C=O) groups is 1. The van der Waals surface area contributed by atoms with E-state index in [4.69, 9.17) is 9.72 Å². The van der Waals surface area contributed by atoms with Gasteiger partial charge in [-0.05, 0) is 52.2 Å². The first-order valence-electron chi connectivity index (χ1n) is 9.91. The van der Waals surface area contributed by atoms with Gasteiger partial charge in [-0.3, -0.25) is 14.6 Å². The van der Waals surface area contributed by atoms with E-state index in [1.54, 1.807) is 11.3 Å². The molecule has 1 aliphatic heterocycles. The number of thiazole rings is 1. The molecule has 3 aromatic rings. The van der Waals surface area contributed by atoms with Crippen molar-refractivity contribution in [2.45, 2.75) is 13.3 Å². The summed E-state index contributed by atoms with van der Waals surface area (Å²) in [5.74, 6) is -0.0273. The summed E-state index contributed by atoms with van der Waals surface area (Å²) in [5.41, 5.74) is 2.88. The molecule has 0 unspecified atom stereocenters. The number of aromatic nitrogens is 1. The molecule has 152 valence electrons. The summed E-state index contributed by atoms with van der Waals surface area (Å²) in [7, 11) is 0. The number of hydrogen-bond donors (Lipinski definition) is 0. The zero-order chi connectivity index (χ0) is 20.2. The van der Waals surface area contributed by atoms with Gasteiger partial charge in [0.15, 0.2) is 5.13 Å². The summed E-state index contributed by atoms with van der Waals surface area (Å²) in [6.07, 6.45) is 0.986. The first kappa shape index (κ1) is 20.5. The van der Waals surface area contributed by atoms with Gasteiger partial charge in [0.1, 0.15) is 0 Å². The summed E-state index contributed by atoms with van der Waals surface area (Å²) in [6, 6.07) is 13.9. The molecule has 0 spiro atoms. The monoisotopic (exact) mass is 473 g/mol. The van der Waals surface area contributed by atoms with Gasteiger partial charge in [-0.2, -0.15) is 0 Å². The number of halogens is 1. The van der Waals surface area contributed by atoms with E-state index >= 15 is 0 Å². The summed E-state index contributed by atoms with van der Waals surface area (Å²) in [6.45, 7) is 6.84. The number of morpholine rings is 1. The highest BCUT2D eigenvalue weighted by atomic mass is 79.9. The fourth-order valence-electron chi connectivity index (χ4n) is 3.42. The van der Waals surface area contributed by atoms with Crippen molar-refractivity contribution in [3.63, 3.8) is 0 Å². The van der Waals surface area contributed by atoms with E-state index in [1.165, 1.54) is 5.56 Å². The van der Waals surface area contributed by atoms with Crippen molar-refractivity contribution in [3.8, 4) is 0 Å². The highest BCUT2D eigenvalue weighted by Crippen LogP contribution is 2.31. The van der Waals surface area contributed by atoms with E-state index in [1.807, 2.05) is 29.2 Å². The minimum atomic E-state index is -0.0273. The van der Waals surface area contributed by atoms with Gasteiger partial charge in [-0.1, -0.05) is 36.5 Å². The van der Waals surface area contributed by atoms with Crippen LogP contribution in [0.3, 0.4) is 0 Å². The normalized spacial score (nSPS) is 15.0. The predicted octanol–water partition coefficient (Wildman–Crippen LogP) is 4.60. The fourth-order valence-corrected chi connectivity index (χ4v) is 4.93. The molecule has 0 N–H and O–H groups in total. The Balaban J connectivity index is 1.65. The molecule has 0 saturated carbocycles. The Morgan fingerprint density at radius 3 is 2.79 bits per heavy atom. The van der Waals surface area contributed by atoms with Crippen LogP contribution in [0.1, 0.15) is 22.8 Å². The molecule has 2 aromatic carbocycles. The van der Waals surface area contributed by atoms with Crippen molar-refractivity contribution < 1.29 is 9.53 Å². The molecule has 4 rings (SSSR count). The van der Waals surface area contributed by atoms with Crippen molar-refractivity contribution in [2.75, 3.05) is 44.3 Å². The minimum absolute atomic E-state index is 0.0273. The van der Waals surface area contributed by atoms with Crippen LogP contribution >= 0.6 is 27.3 Å². The maximum Gasteiger partial charge on any atom is 0.261 e. The molecule has 0 atom stereocenters. The van der Waals surface area contributed by atoms with E-state index < -0.39 is 0 Å². The second-order valence-electron chi connectivity index (χ2n) is 7.04. The van der Waals surface area contributed by atoms with Crippen molar-refractivity contribution in [1.29, 1.82) is 0 Å². The van der Waals surface area contributed by atoms with Crippen LogP contribution in [0, 0.1) is 0 Å². The van der Waals surface area contributed by atoms with E-state index in [0.717, 1.165) is 59.1 Å². The Morgan fingerprint density at radius 2 is 2.03 bits per heavy atom. The Bertz CT molecular complexity index is 1000. The highest BCUT2D eigenvalue weighted by molar-refractivity contribution is 9.10. The maximum absolute atomic E-state index is 13.5. The summed E-state index contributed by atoms with van der Waals surface area (Å²) >= 11 is 5.11. The molecule has 2 heterocycles. The molecule has 1 aromatic heterocycles.